The minimum absolute atomic E-state index is 0. The van der Waals surface area contributed by atoms with Crippen molar-refractivity contribution < 1.29 is 9.53 Å². The van der Waals surface area contributed by atoms with Crippen molar-refractivity contribution in [3.05, 3.63) is 29.8 Å². The number of nitrogens with zero attached hydrogens (tertiary/aromatic N) is 1. The number of ether oxygens (including phenoxy) is 1. The van der Waals surface area contributed by atoms with E-state index in [1.54, 1.807) is 7.11 Å². The zero-order chi connectivity index (χ0) is 14.4. The predicted octanol–water partition coefficient (Wildman–Crippen LogP) is 1.16. The second-order valence-electron chi connectivity index (χ2n) is 5.24. The molecule has 1 aromatic carbocycles. The van der Waals surface area contributed by atoms with Crippen molar-refractivity contribution in [1.82, 2.24) is 10.2 Å². The van der Waals surface area contributed by atoms with Gasteiger partial charge in [0, 0.05) is 25.7 Å². The van der Waals surface area contributed by atoms with Crippen molar-refractivity contribution in [2.45, 2.75) is 25.4 Å². The Morgan fingerprint density at radius 3 is 2.81 bits per heavy atom. The molecule has 1 aliphatic heterocycles. The van der Waals surface area contributed by atoms with Crippen molar-refractivity contribution in [1.29, 1.82) is 0 Å². The lowest BCUT2D eigenvalue weighted by Crippen LogP contribution is -2.44. The summed E-state index contributed by atoms with van der Waals surface area (Å²) in [7, 11) is 1.64. The van der Waals surface area contributed by atoms with E-state index < -0.39 is 0 Å². The Hall–Kier alpha value is -1.30. The Balaban J connectivity index is 0.00000220. The molecule has 21 heavy (non-hydrogen) atoms. The molecule has 0 bridgehead atoms. The molecule has 0 unspecified atom stereocenters. The van der Waals surface area contributed by atoms with Gasteiger partial charge in [0.25, 0.3) is 0 Å². The number of methoxy groups -OCH3 is 1. The number of amides is 1. The van der Waals surface area contributed by atoms with Crippen LogP contribution in [0.1, 0.15) is 18.4 Å². The van der Waals surface area contributed by atoms with Gasteiger partial charge in [-0.05, 0) is 30.5 Å². The highest BCUT2D eigenvalue weighted by Crippen LogP contribution is 2.12. The van der Waals surface area contributed by atoms with Gasteiger partial charge in [-0.2, -0.15) is 0 Å². The minimum atomic E-state index is 0. The highest BCUT2D eigenvalue weighted by Gasteiger charge is 2.17. The normalized spacial score (nSPS) is 16.1. The Kier molecular flexibility index (Phi) is 7.50. The van der Waals surface area contributed by atoms with Gasteiger partial charge in [0.1, 0.15) is 5.75 Å². The van der Waals surface area contributed by atoms with Crippen LogP contribution in [0.25, 0.3) is 0 Å². The van der Waals surface area contributed by atoms with Gasteiger partial charge in [0.15, 0.2) is 0 Å². The van der Waals surface area contributed by atoms with E-state index in [1.165, 1.54) is 0 Å². The third-order valence-electron chi connectivity index (χ3n) is 3.62. The molecule has 6 heteroatoms. The molecular weight excluding hydrogens is 290 g/mol. The van der Waals surface area contributed by atoms with Crippen molar-refractivity contribution in [3.63, 3.8) is 0 Å². The van der Waals surface area contributed by atoms with Crippen LogP contribution in [-0.2, 0) is 11.3 Å². The summed E-state index contributed by atoms with van der Waals surface area (Å²) < 4.78 is 5.16. The minimum Gasteiger partial charge on any atom is -0.497 e. The summed E-state index contributed by atoms with van der Waals surface area (Å²) in [4.78, 5) is 14.1. The van der Waals surface area contributed by atoms with Gasteiger partial charge in [0.2, 0.25) is 5.91 Å². The number of benzene rings is 1. The zero-order valence-electron chi connectivity index (χ0n) is 12.4. The van der Waals surface area contributed by atoms with Gasteiger partial charge in [-0.1, -0.05) is 12.1 Å². The van der Waals surface area contributed by atoms with Crippen LogP contribution in [0.5, 0.6) is 5.75 Å². The third kappa shape index (κ3) is 5.91. The average Bonchev–Trinajstić information content (AvgIpc) is 2.48. The summed E-state index contributed by atoms with van der Waals surface area (Å²) >= 11 is 0. The summed E-state index contributed by atoms with van der Waals surface area (Å²) in [5.41, 5.74) is 6.89. The molecule has 1 saturated heterocycles. The lowest BCUT2D eigenvalue weighted by molar-refractivity contribution is -0.122. The van der Waals surface area contributed by atoms with Crippen LogP contribution in [0.15, 0.2) is 24.3 Å². The molecule has 1 fully saturated rings. The number of nitrogens with one attached hydrogen (secondary N) is 1. The zero-order valence-corrected chi connectivity index (χ0v) is 13.2. The third-order valence-corrected chi connectivity index (χ3v) is 3.62. The quantitative estimate of drug-likeness (QED) is 0.856. The Morgan fingerprint density at radius 2 is 2.14 bits per heavy atom. The highest BCUT2D eigenvalue weighted by atomic mass is 35.5. The summed E-state index contributed by atoms with van der Waals surface area (Å²) in [6.45, 7) is 2.81. The number of nitrogens with two attached hydrogens (primary N) is 1. The van der Waals surface area contributed by atoms with Gasteiger partial charge in [-0.25, -0.2) is 0 Å². The summed E-state index contributed by atoms with van der Waals surface area (Å²) in [6, 6.07) is 8.02. The molecule has 0 aliphatic carbocycles. The van der Waals surface area contributed by atoms with Gasteiger partial charge < -0.3 is 15.8 Å². The van der Waals surface area contributed by atoms with Crippen molar-refractivity contribution in [2.24, 2.45) is 5.73 Å². The monoisotopic (exact) mass is 313 g/mol. The fraction of sp³-hybridized carbons (Fsp3) is 0.533. The Morgan fingerprint density at radius 1 is 1.43 bits per heavy atom. The summed E-state index contributed by atoms with van der Waals surface area (Å²) in [5, 5.41) is 2.94. The molecule has 0 aromatic heterocycles. The molecule has 5 nitrogen and oxygen atoms in total. The maximum Gasteiger partial charge on any atom is 0.234 e. The van der Waals surface area contributed by atoms with Gasteiger partial charge in [0.05, 0.1) is 13.7 Å². The number of rotatable bonds is 5. The molecule has 1 heterocycles. The number of halogens is 1. The summed E-state index contributed by atoms with van der Waals surface area (Å²) in [5.74, 6) is 0.866. The molecule has 0 saturated carbocycles. The van der Waals surface area contributed by atoms with Gasteiger partial charge >= 0.3 is 0 Å². The number of piperidine rings is 1. The maximum absolute atomic E-state index is 11.9. The largest absolute Gasteiger partial charge is 0.497 e. The van der Waals surface area contributed by atoms with Crippen molar-refractivity contribution in [3.8, 4) is 5.75 Å². The number of carbonyl (C=O) groups excluding carboxylic acids is 1. The molecule has 1 aliphatic rings. The maximum atomic E-state index is 11.9. The van der Waals surface area contributed by atoms with Crippen LogP contribution in [0.3, 0.4) is 0 Å². The first-order chi connectivity index (χ1) is 9.67. The Bertz CT molecular complexity index is 448. The molecular formula is C15H24ClN3O2. The van der Waals surface area contributed by atoms with Crippen LogP contribution >= 0.6 is 12.4 Å². The van der Waals surface area contributed by atoms with E-state index in [2.05, 4.69) is 10.2 Å². The lowest BCUT2D eigenvalue weighted by Gasteiger charge is -2.29. The van der Waals surface area contributed by atoms with Crippen molar-refractivity contribution in [2.75, 3.05) is 26.7 Å². The number of likely N-dealkylation sites (tertiary alicyclic amines) is 1. The topological polar surface area (TPSA) is 67.6 Å². The molecule has 0 radical (unpaired) electrons. The number of hydrogen-bond donors (Lipinski definition) is 2. The van der Waals surface area contributed by atoms with E-state index in [-0.39, 0.29) is 18.3 Å². The molecule has 1 amide bonds. The fourth-order valence-corrected chi connectivity index (χ4v) is 2.35. The fourth-order valence-electron chi connectivity index (χ4n) is 2.35. The predicted molar refractivity (Wildman–Crippen MR) is 85.7 cm³/mol. The first-order valence-corrected chi connectivity index (χ1v) is 7.05. The van der Waals surface area contributed by atoms with Crippen LogP contribution < -0.4 is 15.8 Å². The molecule has 3 N–H and O–H groups in total. The van der Waals surface area contributed by atoms with E-state index in [0.29, 0.717) is 19.1 Å². The van der Waals surface area contributed by atoms with Gasteiger partial charge in [-0.15, -0.1) is 12.4 Å². The lowest BCUT2D eigenvalue weighted by atomic mass is 10.1. The van der Waals surface area contributed by atoms with Crippen LogP contribution in [0.2, 0.25) is 0 Å². The molecule has 1 aromatic rings. The van der Waals surface area contributed by atoms with E-state index in [1.807, 2.05) is 24.3 Å². The highest BCUT2D eigenvalue weighted by molar-refractivity contribution is 5.85. The van der Waals surface area contributed by atoms with E-state index in [9.17, 15) is 4.79 Å². The molecule has 0 spiro atoms. The SMILES string of the molecule is COc1cccc(CNC(=O)CN2CCC(N)CC2)c1.Cl. The average molecular weight is 314 g/mol. The van der Waals surface area contributed by atoms with E-state index >= 15 is 0 Å². The van der Waals surface area contributed by atoms with Crippen molar-refractivity contribution >= 4 is 18.3 Å². The smallest absolute Gasteiger partial charge is 0.234 e. The Labute approximate surface area is 132 Å². The molecule has 2 rings (SSSR count). The molecule has 118 valence electrons. The first-order valence-electron chi connectivity index (χ1n) is 7.05. The first kappa shape index (κ1) is 17.8. The second-order valence-corrected chi connectivity index (χ2v) is 5.24. The van der Waals surface area contributed by atoms with Gasteiger partial charge in [-0.3, -0.25) is 9.69 Å². The summed E-state index contributed by atoms with van der Waals surface area (Å²) in [6.07, 6.45) is 1.95. The van der Waals surface area contributed by atoms with Crippen LogP contribution in [0.4, 0.5) is 0 Å². The van der Waals surface area contributed by atoms with Crippen LogP contribution in [0, 0.1) is 0 Å². The molecule has 0 atom stereocenters. The standard InChI is InChI=1S/C15H23N3O2.ClH/c1-20-14-4-2-3-12(9-14)10-17-15(19)11-18-7-5-13(16)6-8-18;/h2-4,9,13H,5-8,10-11,16H2,1H3,(H,17,19);1H. The second kappa shape index (κ2) is 8.87. The van der Waals surface area contributed by atoms with Crippen LogP contribution in [-0.4, -0.2) is 43.6 Å². The number of carbonyl (C=O) groups is 1. The number of hydrogen-bond acceptors (Lipinski definition) is 4. The van der Waals surface area contributed by atoms with E-state index in [0.717, 1.165) is 37.2 Å². The van der Waals surface area contributed by atoms with E-state index in [4.69, 9.17) is 10.5 Å².